The molecule has 0 spiro atoms. The first kappa shape index (κ1) is 23.6. The van der Waals surface area contributed by atoms with Crippen LogP contribution in [-0.2, 0) is 11.2 Å². The lowest BCUT2D eigenvalue weighted by atomic mass is 10.1. The zero-order valence-corrected chi connectivity index (χ0v) is 20.1. The molecule has 1 saturated heterocycles. The van der Waals surface area contributed by atoms with E-state index in [-0.39, 0.29) is 17.3 Å². The van der Waals surface area contributed by atoms with Crippen LogP contribution in [0.4, 0.5) is 39.0 Å². The number of halogens is 1. The number of aromatic nitrogens is 2. The third kappa shape index (κ3) is 4.57. The topological polar surface area (TPSA) is 127 Å². The number of morpholine rings is 1. The molecule has 1 atom stereocenters. The van der Waals surface area contributed by atoms with Gasteiger partial charge in [-0.1, -0.05) is 6.07 Å². The number of amides is 1. The first-order valence-electron chi connectivity index (χ1n) is 11.7. The first-order chi connectivity index (χ1) is 17.4. The highest BCUT2D eigenvalue weighted by atomic mass is 19.1. The molecule has 3 heterocycles. The lowest BCUT2D eigenvalue weighted by Crippen LogP contribution is -2.43. The average Bonchev–Trinajstić information content (AvgIpc) is 3.33. The van der Waals surface area contributed by atoms with Crippen molar-refractivity contribution in [1.29, 1.82) is 0 Å². The molecule has 2 aliphatic heterocycles. The second kappa shape index (κ2) is 9.86. The van der Waals surface area contributed by atoms with E-state index in [9.17, 15) is 9.18 Å². The van der Waals surface area contributed by atoms with Gasteiger partial charge in [-0.25, -0.2) is 4.39 Å². The van der Waals surface area contributed by atoms with Gasteiger partial charge in [0.2, 0.25) is 5.95 Å². The van der Waals surface area contributed by atoms with E-state index in [4.69, 9.17) is 15.2 Å². The zero-order valence-electron chi connectivity index (χ0n) is 20.1. The smallest absolute Gasteiger partial charge is 0.253 e. The number of anilines is 6. The van der Waals surface area contributed by atoms with Crippen molar-refractivity contribution in [2.75, 3.05) is 54.3 Å². The number of carbonyl (C=O) groups excluding carboxylic acids is 1. The lowest BCUT2D eigenvalue weighted by Gasteiger charge is -2.35. The molecule has 5 N–H and O–H groups in total. The third-order valence-electron chi connectivity index (χ3n) is 6.32. The predicted octanol–water partition coefficient (Wildman–Crippen LogP) is 3.40. The predicted molar refractivity (Wildman–Crippen MR) is 136 cm³/mol. The van der Waals surface area contributed by atoms with Crippen molar-refractivity contribution in [1.82, 2.24) is 9.97 Å². The molecule has 1 fully saturated rings. The first-order valence-corrected chi connectivity index (χ1v) is 11.7. The van der Waals surface area contributed by atoms with E-state index in [1.165, 1.54) is 12.1 Å². The molecule has 3 aromatic rings. The highest BCUT2D eigenvalue weighted by Gasteiger charge is 2.23. The summed E-state index contributed by atoms with van der Waals surface area (Å²) in [7, 11) is 1.61. The Morgan fingerprint density at radius 2 is 2.11 bits per heavy atom. The number of ether oxygens (including phenoxy) is 2. The number of methoxy groups -OCH3 is 1. The SMILES string of the molecule is COc1cc(N2CCOC[C@@H]2C)ccc1Nc1nc2c(c(Nc3cccc(F)c3C(N)=O)n1)CCN2. The minimum absolute atomic E-state index is 0.222. The molecule has 36 heavy (non-hydrogen) atoms. The average molecular weight is 494 g/mol. The molecule has 0 saturated carbocycles. The summed E-state index contributed by atoms with van der Waals surface area (Å²) in [5, 5.41) is 9.56. The maximum atomic E-state index is 14.3. The summed E-state index contributed by atoms with van der Waals surface area (Å²) in [4.78, 5) is 23.4. The number of hydrogen-bond acceptors (Lipinski definition) is 9. The molecule has 0 radical (unpaired) electrons. The number of primary amides is 1. The van der Waals surface area contributed by atoms with Crippen molar-refractivity contribution in [2.24, 2.45) is 5.73 Å². The minimum Gasteiger partial charge on any atom is -0.494 e. The maximum Gasteiger partial charge on any atom is 0.253 e. The molecule has 10 nitrogen and oxygen atoms in total. The van der Waals surface area contributed by atoms with Gasteiger partial charge in [0.15, 0.2) is 0 Å². The molecule has 2 aliphatic rings. The molecule has 0 bridgehead atoms. The molecule has 0 unspecified atom stereocenters. The number of nitrogens with zero attached hydrogens (tertiary/aromatic N) is 3. The van der Waals surface area contributed by atoms with Gasteiger partial charge in [0, 0.05) is 36.4 Å². The van der Waals surface area contributed by atoms with Crippen LogP contribution in [0, 0.1) is 5.82 Å². The van der Waals surface area contributed by atoms with Crippen LogP contribution >= 0.6 is 0 Å². The van der Waals surface area contributed by atoms with Crippen LogP contribution in [-0.4, -0.2) is 55.3 Å². The molecule has 1 amide bonds. The van der Waals surface area contributed by atoms with Gasteiger partial charge in [-0.2, -0.15) is 9.97 Å². The van der Waals surface area contributed by atoms with Crippen LogP contribution in [0.3, 0.4) is 0 Å². The molecular formula is C25H28FN7O3. The van der Waals surface area contributed by atoms with E-state index in [1.54, 1.807) is 13.2 Å². The van der Waals surface area contributed by atoms with Crippen LogP contribution in [0.5, 0.6) is 5.75 Å². The second-order valence-corrected chi connectivity index (χ2v) is 8.68. The van der Waals surface area contributed by atoms with Crippen LogP contribution in [0.2, 0.25) is 0 Å². The number of rotatable bonds is 7. The summed E-state index contributed by atoms with van der Waals surface area (Å²) in [6, 6.07) is 10.5. The minimum atomic E-state index is -0.864. The lowest BCUT2D eigenvalue weighted by molar-refractivity contribution is 0.0989. The van der Waals surface area contributed by atoms with Crippen molar-refractivity contribution >= 4 is 40.6 Å². The van der Waals surface area contributed by atoms with Gasteiger partial charge in [-0.3, -0.25) is 4.79 Å². The maximum absolute atomic E-state index is 14.3. The van der Waals surface area contributed by atoms with Gasteiger partial charge >= 0.3 is 0 Å². The van der Waals surface area contributed by atoms with Crippen molar-refractivity contribution < 1.29 is 18.7 Å². The molecule has 188 valence electrons. The molecule has 0 aliphatic carbocycles. The Morgan fingerprint density at radius 3 is 2.89 bits per heavy atom. The largest absolute Gasteiger partial charge is 0.494 e. The number of fused-ring (bicyclic) bond motifs is 1. The number of carbonyl (C=O) groups is 1. The fourth-order valence-electron chi connectivity index (χ4n) is 4.53. The van der Waals surface area contributed by atoms with Crippen molar-refractivity contribution in [3.05, 3.63) is 53.3 Å². The van der Waals surface area contributed by atoms with Crippen LogP contribution < -0.4 is 31.3 Å². The van der Waals surface area contributed by atoms with E-state index in [1.807, 2.05) is 18.2 Å². The normalized spacial score (nSPS) is 16.8. The number of nitrogens with two attached hydrogens (primary N) is 1. The summed E-state index contributed by atoms with van der Waals surface area (Å²) >= 11 is 0. The van der Waals surface area contributed by atoms with Crippen molar-refractivity contribution in [3.8, 4) is 5.75 Å². The fourth-order valence-corrected chi connectivity index (χ4v) is 4.53. The van der Waals surface area contributed by atoms with Gasteiger partial charge in [0.05, 0.1) is 37.3 Å². The molecule has 5 rings (SSSR count). The quantitative estimate of drug-likeness (QED) is 0.392. The van der Waals surface area contributed by atoms with Gasteiger partial charge in [-0.05, 0) is 37.6 Å². The van der Waals surface area contributed by atoms with E-state index in [2.05, 4.69) is 37.7 Å². The summed E-state index contributed by atoms with van der Waals surface area (Å²) in [5.74, 6) is 0.502. The fraction of sp³-hybridized carbons (Fsp3) is 0.320. The second-order valence-electron chi connectivity index (χ2n) is 8.68. The molecule has 2 aromatic carbocycles. The summed E-state index contributed by atoms with van der Waals surface area (Å²) in [5.41, 5.74) is 8.00. The van der Waals surface area contributed by atoms with Gasteiger partial charge in [0.1, 0.15) is 23.2 Å². The Balaban J connectivity index is 1.46. The molecular weight excluding hydrogens is 465 g/mol. The van der Waals surface area contributed by atoms with E-state index >= 15 is 0 Å². The standard InChI is InChI=1S/C25H28FN7O3/c1-14-13-36-11-10-33(14)15-6-7-18(20(12-15)35-2)30-25-31-23-16(8-9-28-23)24(32-25)29-19-5-3-4-17(26)21(19)22(27)34/h3-7,12,14H,8-11,13H2,1-2H3,(H2,27,34)(H3,28,29,30,31,32)/t14-/m0/s1. The van der Waals surface area contributed by atoms with Crippen LogP contribution in [0.1, 0.15) is 22.8 Å². The Labute approximate surface area is 208 Å². The van der Waals surface area contributed by atoms with Gasteiger partial charge < -0.3 is 36.1 Å². The Kier molecular flexibility index (Phi) is 6.47. The monoisotopic (exact) mass is 493 g/mol. The Morgan fingerprint density at radius 1 is 1.25 bits per heavy atom. The summed E-state index contributed by atoms with van der Waals surface area (Å²) in [6.45, 7) is 4.97. The van der Waals surface area contributed by atoms with E-state index in [0.29, 0.717) is 55.2 Å². The third-order valence-corrected chi connectivity index (χ3v) is 6.32. The number of hydrogen-bond donors (Lipinski definition) is 4. The van der Waals surface area contributed by atoms with Crippen LogP contribution in [0.25, 0.3) is 0 Å². The highest BCUT2D eigenvalue weighted by Crippen LogP contribution is 2.35. The van der Waals surface area contributed by atoms with Crippen molar-refractivity contribution in [2.45, 2.75) is 19.4 Å². The Hall–Kier alpha value is -4.12. The zero-order chi connectivity index (χ0) is 25.2. The van der Waals surface area contributed by atoms with Gasteiger partial charge in [-0.15, -0.1) is 0 Å². The number of nitrogens with one attached hydrogen (secondary N) is 3. The van der Waals surface area contributed by atoms with Crippen molar-refractivity contribution in [3.63, 3.8) is 0 Å². The summed E-state index contributed by atoms with van der Waals surface area (Å²) < 4.78 is 25.5. The van der Waals surface area contributed by atoms with E-state index < -0.39 is 11.7 Å². The Bertz CT molecular complexity index is 1300. The van der Waals surface area contributed by atoms with Gasteiger partial charge in [0.25, 0.3) is 5.91 Å². The van der Waals surface area contributed by atoms with E-state index in [0.717, 1.165) is 17.8 Å². The summed E-state index contributed by atoms with van der Waals surface area (Å²) in [6.07, 6.45) is 0.676. The molecule has 11 heteroatoms. The van der Waals surface area contributed by atoms with Crippen LogP contribution in [0.15, 0.2) is 36.4 Å². The number of benzene rings is 2. The highest BCUT2D eigenvalue weighted by molar-refractivity contribution is 5.99. The molecule has 1 aromatic heterocycles.